The van der Waals surface area contributed by atoms with E-state index in [0.717, 1.165) is 16.1 Å². The minimum absolute atomic E-state index is 0.0428. The van der Waals surface area contributed by atoms with Gasteiger partial charge in [0.15, 0.2) is 0 Å². The molecule has 0 spiro atoms. The third kappa shape index (κ3) is 2.20. The standard InChI is InChI=1S/C15H10N2OS/c16-9-10-4-3-5-11(8-10)14-15(18)17-12-6-1-2-7-13(12)19-14/h1-8,14H,(H,17,18)/t14-/m0/s1. The van der Waals surface area contributed by atoms with Crippen LogP contribution in [0.4, 0.5) is 5.69 Å². The van der Waals surface area contributed by atoms with Gasteiger partial charge < -0.3 is 5.32 Å². The minimum atomic E-state index is -0.303. The molecule has 1 atom stereocenters. The lowest BCUT2D eigenvalue weighted by atomic mass is 10.1. The number of hydrogen-bond acceptors (Lipinski definition) is 3. The molecule has 1 heterocycles. The number of nitrogens with one attached hydrogen (secondary N) is 1. The Hall–Kier alpha value is -2.25. The largest absolute Gasteiger partial charge is 0.324 e. The molecule has 2 aromatic carbocycles. The van der Waals surface area contributed by atoms with Crippen LogP contribution in [0.5, 0.6) is 0 Å². The first-order valence-electron chi connectivity index (χ1n) is 5.84. The number of nitrogens with zero attached hydrogens (tertiary/aromatic N) is 1. The van der Waals surface area contributed by atoms with Gasteiger partial charge in [0.25, 0.3) is 0 Å². The molecule has 1 N–H and O–H groups in total. The van der Waals surface area contributed by atoms with Crippen molar-refractivity contribution < 1.29 is 4.79 Å². The third-order valence-corrected chi connectivity index (χ3v) is 4.28. The SMILES string of the molecule is N#Cc1cccc([C@@H]2Sc3ccccc3NC2=O)c1. The second-order valence-electron chi connectivity index (χ2n) is 4.22. The van der Waals surface area contributed by atoms with Crippen LogP contribution >= 0.6 is 11.8 Å². The van der Waals surface area contributed by atoms with Crippen LogP contribution in [0.2, 0.25) is 0 Å². The molecular formula is C15H10N2OS. The summed E-state index contributed by atoms with van der Waals surface area (Å²) in [5.74, 6) is -0.0428. The Morgan fingerprint density at radius 3 is 2.84 bits per heavy atom. The Bertz CT molecular complexity index is 691. The summed E-state index contributed by atoms with van der Waals surface area (Å²) in [4.78, 5) is 13.2. The van der Waals surface area contributed by atoms with Crippen molar-refractivity contribution in [2.45, 2.75) is 10.1 Å². The molecular weight excluding hydrogens is 256 g/mol. The van der Waals surface area contributed by atoms with Crippen LogP contribution in [-0.2, 0) is 4.79 Å². The van der Waals surface area contributed by atoms with Crippen LogP contribution in [-0.4, -0.2) is 5.91 Å². The van der Waals surface area contributed by atoms with E-state index in [1.54, 1.807) is 12.1 Å². The molecule has 0 unspecified atom stereocenters. The van der Waals surface area contributed by atoms with Crippen molar-refractivity contribution in [1.29, 1.82) is 5.26 Å². The molecule has 2 aromatic rings. The normalized spacial score (nSPS) is 17.2. The molecule has 1 amide bonds. The molecule has 3 nitrogen and oxygen atoms in total. The highest BCUT2D eigenvalue weighted by Crippen LogP contribution is 2.43. The molecule has 0 fully saturated rings. The van der Waals surface area contributed by atoms with Crippen molar-refractivity contribution in [1.82, 2.24) is 0 Å². The Morgan fingerprint density at radius 1 is 1.16 bits per heavy atom. The predicted octanol–water partition coefficient (Wildman–Crippen LogP) is 3.34. The van der Waals surface area contributed by atoms with Gasteiger partial charge >= 0.3 is 0 Å². The van der Waals surface area contributed by atoms with Gasteiger partial charge in [-0.05, 0) is 29.8 Å². The first-order chi connectivity index (χ1) is 9.28. The maximum atomic E-state index is 12.1. The number of nitriles is 1. The lowest BCUT2D eigenvalue weighted by Crippen LogP contribution is -2.23. The minimum Gasteiger partial charge on any atom is -0.324 e. The fourth-order valence-corrected chi connectivity index (χ4v) is 3.15. The average Bonchev–Trinajstić information content (AvgIpc) is 2.46. The van der Waals surface area contributed by atoms with Gasteiger partial charge in [-0.25, -0.2) is 0 Å². The number of rotatable bonds is 1. The van der Waals surface area contributed by atoms with E-state index in [0.29, 0.717) is 5.56 Å². The monoisotopic (exact) mass is 266 g/mol. The van der Waals surface area contributed by atoms with E-state index in [9.17, 15) is 4.79 Å². The van der Waals surface area contributed by atoms with Crippen molar-refractivity contribution in [3.63, 3.8) is 0 Å². The second kappa shape index (κ2) is 4.79. The summed E-state index contributed by atoms with van der Waals surface area (Å²) in [5.41, 5.74) is 2.28. The molecule has 0 saturated carbocycles. The molecule has 92 valence electrons. The van der Waals surface area contributed by atoms with Gasteiger partial charge in [0, 0.05) is 4.90 Å². The number of carbonyl (C=O) groups is 1. The van der Waals surface area contributed by atoms with Gasteiger partial charge in [-0.2, -0.15) is 5.26 Å². The smallest absolute Gasteiger partial charge is 0.242 e. The summed E-state index contributed by atoms with van der Waals surface area (Å²) in [6.45, 7) is 0. The average molecular weight is 266 g/mol. The third-order valence-electron chi connectivity index (χ3n) is 2.95. The zero-order valence-corrected chi connectivity index (χ0v) is 10.8. The number of thioether (sulfide) groups is 1. The fourth-order valence-electron chi connectivity index (χ4n) is 2.04. The summed E-state index contributed by atoms with van der Waals surface area (Å²) < 4.78 is 0. The van der Waals surface area contributed by atoms with Crippen molar-refractivity contribution in [3.05, 3.63) is 59.7 Å². The van der Waals surface area contributed by atoms with Crippen LogP contribution in [0.1, 0.15) is 16.4 Å². The maximum absolute atomic E-state index is 12.1. The summed E-state index contributed by atoms with van der Waals surface area (Å²) in [6.07, 6.45) is 0. The number of benzene rings is 2. The summed E-state index contributed by atoms with van der Waals surface area (Å²) in [5, 5.41) is 11.5. The molecule has 19 heavy (non-hydrogen) atoms. The van der Waals surface area contributed by atoms with Crippen molar-refractivity contribution in [2.75, 3.05) is 5.32 Å². The fraction of sp³-hybridized carbons (Fsp3) is 0.0667. The number of hydrogen-bond donors (Lipinski definition) is 1. The number of fused-ring (bicyclic) bond motifs is 1. The van der Waals surface area contributed by atoms with E-state index in [1.165, 1.54) is 11.8 Å². The van der Waals surface area contributed by atoms with E-state index in [-0.39, 0.29) is 11.2 Å². The van der Waals surface area contributed by atoms with Gasteiger partial charge in [-0.15, -0.1) is 11.8 Å². The van der Waals surface area contributed by atoms with E-state index >= 15 is 0 Å². The summed E-state index contributed by atoms with van der Waals surface area (Å²) in [6, 6.07) is 17.0. The number of carbonyl (C=O) groups excluding carboxylic acids is 1. The van der Waals surface area contributed by atoms with E-state index in [4.69, 9.17) is 5.26 Å². The second-order valence-corrected chi connectivity index (χ2v) is 5.37. The molecule has 1 aliphatic heterocycles. The lowest BCUT2D eigenvalue weighted by molar-refractivity contribution is -0.115. The predicted molar refractivity (Wildman–Crippen MR) is 74.8 cm³/mol. The number of amides is 1. The van der Waals surface area contributed by atoms with Gasteiger partial charge in [0.2, 0.25) is 5.91 Å². The highest BCUT2D eigenvalue weighted by atomic mass is 32.2. The Balaban J connectivity index is 1.98. The van der Waals surface area contributed by atoms with Crippen molar-refractivity contribution in [3.8, 4) is 6.07 Å². The Morgan fingerprint density at radius 2 is 2.00 bits per heavy atom. The van der Waals surface area contributed by atoms with Gasteiger partial charge in [-0.1, -0.05) is 24.3 Å². The zero-order valence-electron chi connectivity index (χ0n) is 9.96. The molecule has 0 radical (unpaired) electrons. The Kier molecular flexibility index (Phi) is 2.98. The highest BCUT2D eigenvalue weighted by Gasteiger charge is 2.28. The number of anilines is 1. The van der Waals surface area contributed by atoms with Crippen LogP contribution in [0, 0.1) is 11.3 Å². The molecule has 0 bridgehead atoms. The Labute approximate surface area is 115 Å². The van der Waals surface area contributed by atoms with Crippen LogP contribution < -0.4 is 5.32 Å². The highest BCUT2D eigenvalue weighted by molar-refractivity contribution is 8.00. The van der Waals surface area contributed by atoms with Crippen molar-refractivity contribution in [2.24, 2.45) is 0 Å². The first-order valence-corrected chi connectivity index (χ1v) is 6.72. The van der Waals surface area contributed by atoms with E-state index in [2.05, 4.69) is 11.4 Å². The first kappa shape index (κ1) is 11.8. The quantitative estimate of drug-likeness (QED) is 0.861. The van der Waals surface area contributed by atoms with Crippen LogP contribution in [0.15, 0.2) is 53.4 Å². The molecule has 3 rings (SSSR count). The lowest BCUT2D eigenvalue weighted by Gasteiger charge is -2.24. The zero-order chi connectivity index (χ0) is 13.2. The number of para-hydroxylation sites is 1. The molecule has 0 saturated heterocycles. The van der Waals surface area contributed by atoms with Crippen LogP contribution in [0.25, 0.3) is 0 Å². The summed E-state index contributed by atoms with van der Waals surface area (Å²) in [7, 11) is 0. The summed E-state index contributed by atoms with van der Waals surface area (Å²) >= 11 is 1.52. The molecule has 0 aromatic heterocycles. The molecule has 1 aliphatic rings. The van der Waals surface area contributed by atoms with Gasteiger partial charge in [-0.3, -0.25) is 4.79 Å². The van der Waals surface area contributed by atoms with Crippen LogP contribution in [0.3, 0.4) is 0 Å². The maximum Gasteiger partial charge on any atom is 0.242 e. The molecule has 0 aliphatic carbocycles. The molecule has 4 heteroatoms. The van der Waals surface area contributed by atoms with Gasteiger partial charge in [0.05, 0.1) is 17.3 Å². The van der Waals surface area contributed by atoms with E-state index < -0.39 is 0 Å². The topological polar surface area (TPSA) is 52.9 Å². The van der Waals surface area contributed by atoms with E-state index in [1.807, 2.05) is 36.4 Å². The van der Waals surface area contributed by atoms with Gasteiger partial charge in [0.1, 0.15) is 5.25 Å². The van der Waals surface area contributed by atoms with Crippen molar-refractivity contribution >= 4 is 23.4 Å².